The third kappa shape index (κ3) is 4.88. The Kier molecular flexibility index (Phi) is 8.10. The van der Waals surface area contributed by atoms with Gasteiger partial charge >= 0.3 is 0 Å². The van der Waals surface area contributed by atoms with Crippen LogP contribution in [0.3, 0.4) is 0 Å². The highest BCUT2D eigenvalue weighted by molar-refractivity contribution is 6.30. The summed E-state index contributed by atoms with van der Waals surface area (Å²) in [5, 5.41) is 10.5. The van der Waals surface area contributed by atoms with E-state index >= 15 is 0 Å². The molecule has 3 heterocycles. The summed E-state index contributed by atoms with van der Waals surface area (Å²) >= 11 is 6.10. The molecule has 2 aromatic carbocycles. The van der Waals surface area contributed by atoms with Gasteiger partial charge in [0.2, 0.25) is 11.8 Å². The third-order valence-electron chi connectivity index (χ3n) is 8.71. The van der Waals surface area contributed by atoms with Crippen LogP contribution in [-0.2, 0) is 25.7 Å². The minimum atomic E-state index is -1.20. The number of rotatable bonds is 11. The standard InChI is InChI=1S/C32H36ClN3O5/c1-4-17-34(21-22-9-7-6-8-10-22)28(38)25-26-29(39)36(19-20-37)27(32(26)16-15-31(25,3)41-32)30(40)35(18-5-2)24-13-11-23(33)12-14-24/h4-14,25-27,37H,1-2,15-21H2,3H3/t25-,26+,27?,31+,32?/m1/s1. The molecule has 1 N–H and O–H groups in total. The fourth-order valence-corrected chi connectivity index (χ4v) is 7.16. The number of hydrogen-bond donors (Lipinski definition) is 1. The lowest BCUT2D eigenvalue weighted by atomic mass is 9.66. The van der Waals surface area contributed by atoms with Gasteiger partial charge in [-0.05, 0) is 49.6 Å². The van der Waals surface area contributed by atoms with E-state index in [9.17, 15) is 19.5 Å². The van der Waals surface area contributed by atoms with Gasteiger partial charge in [0, 0.05) is 36.9 Å². The molecule has 216 valence electrons. The lowest BCUT2D eigenvalue weighted by Crippen LogP contribution is -2.57. The van der Waals surface area contributed by atoms with Crippen LogP contribution in [0, 0.1) is 11.8 Å². The maximum Gasteiger partial charge on any atom is 0.253 e. The lowest BCUT2D eigenvalue weighted by Gasteiger charge is -2.36. The molecule has 2 aromatic rings. The normalized spacial score (nSPS) is 27.9. The first-order valence-corrected chi connectivity index (χ1v) is 14.3. The Balaban J connectivity index is 1.54. The average molecular weight is 578 g/mol. The monoisotopic (exact) mass is 577 g/mol. The van der Waals surface area contributed by atoms with Crippen LogP contribution in [0.25, 0.3) is 0 Å². The molecular weight excluding hydrogens is 542 g/mol. The van der Waals surface area contributed by atoms with Crippen LogP contribution in [0.4, 0.5) is 5.69 Å². The van der Waals surface area contributed by atoms with Crippen molar-refractivity contribution >= 4 is 35.0 Å². The summed E-state index contributed by atoms with van der Waals surface area (Å²) in [6, 6.07) is 15.5. The van der Waals surface area contributed by atoms with Crippen molar-refractivity contribution in [2.24, 2.45) is 11.8 Å². The Morgan fingerprint density at radius 3 is 2.39 bits per heavy atom. The summed E-state index contributed by atoms with van der Waals surface area (Å²) < 4.78 is 6.74. The zero-order valence-electron chi connectivity index (χ0n) is 23.2. The first-order valence-electron chi connectivity index (χ1n) is 13.9. The SMILES string of the molecule is C=CCN(Cc1ccccc1)C(=O)[C@H]1[C@H]2C(=O)N(CCO)C(C(=O)N(CC=C)c3ccc(Cl)cc3)C23CC[C@]1(C)O3. The van der Waals surface area contributed by atoms with Gasteiger partial charge in [0.25, 0.3) is 5.91 Å². The number of fused-ring (bicyclic) bond motifs is 1. The van der Waals surface area contributed by atoms with Crippen LogP contribution in [0.1, 0.15) is 25.3 Å². The predicted molar refractivity (Wildman–Crippen MR) is 157 cm³/mol. The Morgan fingerprint density at radius 1 is 1.07 bits per heavy atom. The molecule has 8 nitrogen and oxygen atoms in total. The second-order valence-corrected chi connectivity index (χ2v) is 11.6. The number of nitrogens with zero attached hydrogens (tertiary/aromatic N) is 3. The number of aliphatic hydroxyl groups is 1. The number of aliphatic hydroxyl groups excluding tert-OH is 1. The van der Waals surface area contributed by atoms with Crippen molar-refractivity contribution in [1.29, 1.82) is 0 Å². The zero-order valence-corrected chi connectivity index (χ0v) is 24.0. The number of ether oxygens (including phenoxy) is 1. The molecule has 0 radical (unpaired) electrons. The highest BCUT2D eigenvalue weighted by Crippen LogP contribution is 2.63. The quantitative estimate of drug-likeness (QED) is 0.410. The van der Waals surface area contributed by atoms with E-state index in [-0.39, 0.29) is 37.4 Å². The van der Waals surface area contributed by atoms with Crippen LogP contribution < -0.4 is 4.90 Å². The molecule has 3 amide bonds. The second kappa shape index (κ2) is 11.4. The van der Waals surface area contributed by atoms with Crippen molar-refractivity contribution in [3.8, 4) is 0 Å². The number of benzene rings is 2. The van der Waals surface area contributed by atoms with E-state index in [0.29, 0.717) is 36.6 Å². The van der Waals surface area contributed by atoms with E-state index in [1.54, 1.807) is 46.2 Å². The molecule has 2 unspecified atom stereocenters. The van der Waals surface area contributed by atoms with Crippen LogP contribution in [0.2, 0.25) is 5.02 Å². The van der Waals surface area contributed by atoms with Crippen LogP contribution in [0.5, 0.6) is 0 Å². The third-order valence-corrected chi connectivity index (χ3v) is 8.96. The minimum Gasteiger partial charge on any atom is -0.395 e. The van der Waals surface area contributed by atoms with E-state index in [2.05, 4.69) is 13.2 Å². The topological polar surface area (TPSA) is 90.4 Å². The van der Waals surface area contributed by atoms with Crippen LogP contribution in [-0.4, -0.2) is 76.1 Å². The van der Waals surface area contributed by atoms with Gasteiger partial charge in [-0.3, -0.25) is 14.4 Å². The van der Waals surface area contributed by atoms with Crippen molar-refractivity contribution in [3.05, 3.63) is 90.5 Å². The second-order valence-electron chi connectivity index (χ2n) is 11.2. The summed E-state index contributed by atoms with van der Waals surface area (Å²) in [4.78, 5) is 47.6. The van der Waals surface area contributed by atoms with Gasteiger partial charge in [0.15, 0.2) is 0 Å². The van der Waals surface area contributed by atoms with E-state index in [0.717, 1.165) is 5.56 Å². The van der Waals surface area contributed by atoms with E-state index in [4.69, 9.17) is 16.3 Å². The van der Waals surface area contributed by atoms with Crippen molar-refractivity contribution < 1.29 is 24.2 Å². The lowest BCUT2D eigenvalue weighted by molar-refractivity contribution is -0.150. The van der Waals surface area contributed by atoms with Crippen molar-refractivity contribution in [3.63, 3.8) is 0 Å². The van der Waals surface area contributed by atoms with Gasteiger partial charge in [0.1, 0.15) is 11.6 Å². The molecule has 41 heavy (non-hydrogen) atoms. The molecule has 0 saturated carbocycles. The average Bonchev–Trinajstić information content (AvgIpc) is 3.53. The van der Waals surface area contributed by atoms with Crippen LogP contribution in [0.15, 0.2) is 79.9 Å². The molecule has 3 fully saturated rings. The van der Waals surface area contributed by atoms with Gasteiger partial charge < -0.3 is 24.5 Å². The smallest absolute Gasteiger partial charge is 0.253 e. The van der Waals surface area contributed by atoms with E-state index in [1.165, 1.54) is 4.90 Å². The molecule has 9 heteroatoms. The highest BCUT2D eigenvalue weighted by Gasteiger charge is 2.78. The van der Waals surface area contributed by atoms with Gasteiger partial charge in [-0.25, -0.2) is 0 Å². The first-order chi connectivity index (χ1) is 19.7. The van der Waals surface area contributed by atoms with Gasteiger partial charge in [0.05, 0.1) is 24.0 Å². The first kappa shape index (κ1) is 29.0. The van der Waals surface area contributed by atoms with Crippen molar-refractivity contribution in [2.45, 2.75) is 43.6 Å². The molecule has 3 aliphatic heterocycles. The Labute approximate surface area is 245 Å². The fraction of sp³-hybridized carbons (Fsp3) is 0.406. The number of halogens is 1. The van der Waals surface area contributed by atoms with E-state index in [1.807, 2.05) is 37.3 Å². The molecule has 5 rings (SSSR count). The highest BCUT2D eigenvalue weighted by atomic mass is 35.5. The van der Waals surface area contributed by atoms with Crippen molar-refractivity contribution in [2.75, 3.05) is 31.1 Å². The van der Waals surface area contributed by atoms with Gasteiger partial charge in [-0.2, -0.15) is 0 Å². The predicted octanol–water partition coefficient (Wildman–Crippen LogP) is 3.83. The summed E-state index contributed by atoms with van der Waals surface area (Å²) in [5.74, 6) is -2.52. The maximum atomic E-state index is 14.4. The number of amides is 3. The summed E-state index contributed by atoms with van der Waals surface area (Å²) in [5.41, 5.74) is -0.554. The van der Waals surface area contributed by atoms with Gasteiger partial charge in [-0.15, -0.1) is 13.2 Å². The zero-order chi connectivity index (χ0) is 29.4. The molecule has 1 spiro atoms. The van der Waals surface area contributed by atoms with Crippen molar-refractivity contribution in [1.82, 2.24) is 9.80 Å². The minimum absolute atomic E-state index is 0.0442. The Hall–Kier alpha value is -3.46. The number of carbonyl (C=O) groups excluding carboxylic acids is 3. The van der Waals surface area contributed by atoms with Crippen LogP contribution >= 0.6 is 11.6 Å². The van der Waals surface area contributed by atoms with Gasteiger partial charge in [-0.1, -0.05) is 54.1 Å². The molecule has 0 aromatic heterocycles. The summed E-state index contributed by atoms with van der Waals surface area (Å²) in [6.45, 7) is 10.0. The molecule has 5 atom stereocenters. The molecule has 3 saturated heterocycles. The number of β-amino-alcohol motifs (C(OH)–C–C–N with tert-alkyl or cyclic N) is 1. The number of carbonyl (C=O) groups is 3. The number of likely N-dealkylation sites (tertiary alicyclic amines) is 1. The molecule has 0 aliphatic carbocycles. The summed E-state index contributed by atoms with van der Waals surface area (Å²) in [6.07, 6.45) is 4.27. The fourth-order valence-electron chi connectivity index (χ4n) is 7.04. The largest absolute Gasteiger partial charge is 0.395 e. The maximum absolute atomic E-state index is 14.4. The summed E-state index contributed by atoms with van der Waals surface area (Å²) in [7, 11) is 0. The molecule has 3 aliphatic rings. The molecular formula is C32H36ClN3O5. The Morgan fingerprint density at radius 2 is 1.76 bits per heavy atom. The number of hydrogen-bond acceptors (Lipinski definition) is 5. The molecule has 2 bridgehead atoms. The Bertz CT molecular complexity index is 1330. The van der Waals surface area contributed by atoms with E-state index < -0.39 is 29.1 Å². The number of anilines is 1.